The summed E-state index contributed by atoms with van der Waals surface area (Å²) in [7, 11) is -2.07. The molecule has 0 amide bonds. The van der Waals surface area contributed by atoms with Gasteiger partial charge in [-0.05, 0) is 0 Å². The Balaban J connectivity index is 2.18. The van der Waals surface area contributed by atoms with Gasteiger partial charge in [-0.1, -0.05) is 0 Å². The van der Waals surface area contributed by atoms with Gasteiger partial charge in [-0.3, -0.25) is 9.48 Å². The molecule has 0 bridgehead atoms. The maximum atomic E-state index is 11.9. The standard InChI is InChI=1S/C10H12N4O3S/c1-14-7-8(4-12-14)5-13-18(16,17)10-6-11-3-2-9(10)15/h2-4,6-7,13H,5H2,1H3,(H,11,15). The highest BCUT2D eigenvalue weighted by Crippen LogP contribution is 2.02. The maximum Gasteiger partial charge on any atom is 0.246 e. The van der Waals surface area contributed by atoms with Crippen LogP contribution in [0.4, 0.5) is 0 Å². The minimum atomic E-state index is -3.81. The Morgan fingerprint density at radius 2 is 2.28 bits per heavy atom. The van der Waals surface area contributed by atoms with Gasteiger partial charge in [0, 0.05) is 43.8 Å². The van der Waals surface area contributed by atoms with E-state index in [0.717, 1.165) is 6.20 Å². The van der Waals surface area contributed by atoms with Crippen LogP contribution in [0.25, 0.3) is 0 Å². The number of aromatic amines is 1. The van der Waals surface area contributed by atoms with Crippen molar-refractivity contribution in [1.29, 1.82) is 0 Å². The molecule has 0 aliphatic carbocycles. The highest BCUT2D eigenvalue weighted by atomic mass is 32.2. The molecule has 96 valence electrons. The third-order valence-corrected chi connectivity index (χ3v) is 3.72. The third-order valence-electron chi connectivity index (χ3n) is 2.30. The van der Waals surface area contributed by atoms with Crippen LogP contribution in [0, 0.1) is 0 Å². The summed E-state index contributed by atoms with van der Waals surface area (Å²) >= 11 is 0. The van der Waals surface area contributed by atoms with E-state index in [1.807, 2.05) is 0 Å². The van der Waals surface area contributed by atoms with Gasteiger partial charge in [-0.2, -0.15) is 5.10 Å². The quantitative estimate of drug-likeness (QED) is 0.787. The van der Waals surface area contributed by atoms with Crippen molar-refractivity contribution in [2.75, 3.05) is 0 Å². The van der Waals surface area contributed by atoms with Gasteiger partial charge in [0.05, 0.1) is 6.20 Å². The van der Waals surface area contributed by atoms with Crippen molar-refractivity contribution in [2.45, 2.75) is 11.4 Å². The van der Waals surface area contributed by atoms with Crippen LogP contribution >= 0.6 is 0 Å². The highest BCUT2D eigenvalue weighted by molar-refractivity contribution is 7.89. The first-order valence-corrected chi connectivity index (χ1v) is 6.61. The molecule has 0 saturated heterocycles. The smallest absolute Gasteiger partial charge is 0.246 e. The van der Waals surface area contributed by atoms with E-state index in [1.54, 1.807) is 24.1 Å². The molecular weight excluding hydrogens is 256 g/mol. The summed E-state index contributed by atoms with van der Waals surface area (Å²) in [6, 6.07) is 1.17. The van der Waals surface area contributed by atoms with E-state index in [2.05, 4.69) is 14.8 Å². The Kier molecular flexibility index (Phi) is 3.30. The number of pyridine rings is 1. The second-order valence-corrected chi connectivity index (χ2v) is 5.46. The van der Waals surface area contributed by atoms with Gasteiger partial charge in [0.1, 0.15) is 4.90 Å². The zero-order valence-electron chi connectivity index (χ0n) is 9.62. The molecule has 2 heterocycles. The van der Waals surface area contributed by atoms with Crippen LogP contribution in [0.5, 0.6) is 0 Å². The molecule has 0 aliphatic rings. The molecule has 0 spiro atoms. The highest BCUT2D eigenvalue weighted by Gasteiger charge is 2.17. The number of rotatable bonds is 4. The van der Waals surface area contributed by atoms with Crippen LogP contribution in [0.15, 0.2) is 40.5 Å². The van der Waals surface area contributed by atoms with Crippen molar-refractivity contribution >= 4 is 10.0 Å². The average molecular weight is 268 g/mol. The van der Waals surface area contributed by atoms with Crippen molar-refractivity contribution in [3.63, 3.8) is 0 Å². The predicted molar refractivity (Wildman–Crippen MR) is 64.3 cm³/mol. The van der Waals surface area contributed by atoms with Crippen molar-refractivity contribution in [3.05, 3.63) is 46.6 Å². The van der Waals surface area contributed by atoms with Crippen molar-refractivity contribution in [3.8, 4) is 0 Å². The summed E-state index contributed by atoms with van der Waals surface area (Å²) in [4.78, 5) is 13.7. The monoisotopic (exact) mass is 268 g/mol. The molecule has 7 nitrogen and oxygen atoms in total. The molecular formula is C10H12N4O3S. The van der Waals surface area contributed by atoms with E-state index in [9.17, 15) is 13.2 Å². The molecule has 0 radical (unpaired) electrons. The molecule has 2 aromatic rings. The van der Waals surface area contributed by atoms with Crippen LogP contribution in [0.2, 0.25) is 0 Å². The van der Waals surface area contributed by atoms with Gasteiger partial charge in [0.25, 0.3) is 0 Å². The first kappa shape index (κ1) is 12.5. The fourth-order valence-electron chi connectivity index (χ4n) is 1.43. The van der Waals surface area contributed by atoms with E-state index in [0.29, 0.717) is 5.56 Å². The maximum absolute atomic E-state index is 11.9. The summed E-state index contributed by atoms with van der Waals surface area (Å²) in [6.45, 7) is 0.0878. The van der Waals surface area contributed by atoms with E-state index >= 15 is 0 Å². The molecule has 2 aromatic heterocycles. The molecule has 2 rings (SSSR count). The molecule has 0 saturated carbocycles. The molecule has 2 N–H and O–H groups in total. The number of aromatic nitrogens is 3. The first-order valence-electron chi connectivity index (χ1n) is 5.13. The Bertz CT molecular complexity index is 702. The van der Waals surface area contributed by atoms with Crippen LogP contribution < -0.4 is 10.2 Å². The summed E-state index contributed by atoms with van der Waals surface area (Å²) in [5.74, 6) is 0. The summed E-state index contributed by atoms with van der Waals surface area (Å²) in [5.41, 5.74) is 0.167. The zero-order valence-corrected chi connectivity index (χ0v) is 10.4. The summed E-state index contributed by atoms with van der Waals surface area (Å²) in [5, 5.41) is 3.92. The lowest BCUT2D eigenvalue weighted by Gasteiger charge is -2.04. The van der Waals surface area contributed by atoms with E-state index in [4.69, 9.17) is 0 Å². The fourth-order valence-corrected chi connectivity index (χ4v) is 2.50. The van der Waals surface area contributed by atoms with E-state index in [-0.39, 0.29) is 11.4 Å². The Morgan fingerprint density at radius 1 is 1.50 bits per heavy atom. The SMILES string of the molecule is Cn1cc(CNS(=O)(=O)c2c[nH]ccc2=O)cn1. The average Bonchev–Trinajstić information content (AvgIpc) is 2.73. The van der Waals surface area contributed by atoms with Crippen molar-refractivity contribution in [2.24, 2.45) is 7.05 Å². The third kappa shape index (κ3) is 2.66. The van der Waals surface area contributed by atoms with Gasteiger partial charge >= 0.3 is 0 Å². The zero-order chi connectivity index (χ0) is 13.2. The van der Waals surface area contributed by atoms with Gasteiger partial charge in [0.15, 0.2) is 0 Å². The van der Waals surface area contributed by atoms with Gasteiger partial charge in [-0.15, -0.1) is 0 Å². The summed E-state index contributed by atoms with van der Waals surface area (Å²) in [6.07, 6.45) is 5.78. The largest absolute Gasteiger partial charge is 0.366 e. The number of nitrogens with one attached hydrogen (secondary N) is 2. The minimum absolute atomic E-state index is 0.0878. The second-order valence-electron chi connectivity index (χ2n) is 3.72. The molecule has 0 fully saturated rings. The number of hydrogen-bond acceptors (Lipinski definition) is 4. The van der Waals surface area contributed by atoms with E-state index in [1.165, 1.54) is 12.3 Å². The molecule has 0 atom stereocenters. The molecule has 18 heavy (non-hydrogen) atoms. The van der Waals surface area contributed by atoms with Gasteiger partial charge in [-0.25, -0.2) is 13.1 Å². The fraction of sp³-hybridized carbons (Fsp3) is 0.200. The number of aryl methyl sites for hydroxylation is 1. The Labute approximate surface area is 104 Å². The normalized spacial score (nSPS) is 11.6. The lowest BCUT2D eigenvalue weighted by Crippen LogP contribution is -2.27. The molecule has 0 aromatic carbocycles. The lowest BCUT2D eigenvalue weighted by atomic mass is 10.4. The number of nitrogens with zero attached hydrogens (tertiary/aromatic N) is 2. The van der Waals surface area contributed by atoms with Gasteiger partial charge in [0.2, 0.25) is 15.5 Å². The Hall–Kier alpha value is -1.93. The number of sulfonamides is 1. The predicted octanol–water partition coefficient (Wildman–Crippen LogP) is -0.413. The number of hydrogen-bond donors (Lipinski definition) is 2. The van der Waals surface area contributed by atoms with Crippen molar-refractivity contribution < 1.29 is 8.42 Å². The molecule has 0 unspecified atom stereocenters. The minimum Gasteiger partial charge on any atom is -0.366 e. The van der Waals surface area contributed by atoms with Gasteiger partial charge < -0.3 is 4.98 Å². The Morgan fingerprint density at radius 3 is 2.89 bits per heavy atom. The molecule has 0 aliphatic heterocycles. The summed E-state index contributed by atoms with van der Waals surface area (Å²) < 4.78 is 27.7. The van der Waals surface area contributed by atoms with Crippen molar-refractivity contribution in [1.82, 2.24) is 19.5 Å². The second kappa shape index (κ2) is 4.75. The van der Waals surface area contributed by atoms with Crippen LogP contribution in [-0.4, -0.2) is 23.2 Å². The van der Waals surface area contributed by atoms with E-state index < -0.39 is 15.5 Å². The molecule has 8 heteroatoms. The van der Waals surface area contributed by atoms with Crippen LogP contribution in [0.3, 0.4) is 0 Å². The topological polar surface area (TPSA) is 96.9 Å². The number of H-pyrrole nitrogens is 1. The lowest BCUT2D eigenvalue weighted by molar-refractivity contribution is 0.580. The first-order chi connectivity index (χ1) is 8.49. The van der Waals surface area contributed by atoms with Crippen LogP contribution in [0.1, 0.15) is 5.56 Å². The van der Waals surface area contributed by atoms with Crippen LogP contribution in [-0.2, 0) is 23.6 Å².